The van der Waals surface area contributed by atoms with Crippen LogP contribution in [0.1, 0.15) is 27.7 Å². The summed E-state index contributed by atoms with van der Waals surface area (Å²) in [7, 11) is -5.36. The fourth-order valence-electron chi connectivity index (χ4n) is 2.92. The lowest BCUT2D eigenvalue weighted by Crippen LogP contribution is -2.62. The van der Waals surface area contributed by atoms with E-state index in [2.05, 4.69) is 38.6 Å². The molecule has 2 N–H and O–H groups in total. The van der Waals surface area contributed by atoms with Crippen LogP contribution in [0.25, 0.3) is 0 Å². The Morgan fingerprint density at radius 2 is 2.00 bits per heavy atom. The van der Waals surface area contributed by atoms with E-state index in [9.17, 15) is 23.1 Å². The highest BCUT2D eigenvalue weighted by atomic mass is 32.2. The number of aliphatic carboxylic acids is 1. The molecule has 8 nitrogen and oxygen atoms in total. The van der Waals surface area contributed by atoms with Crippen molar-refractivity contribution in [3.8, 4) is 0 Å². The van der Waals surface area contributed by atoms with Crippen molar-refractivity contribution in [2.75, 3.05) is 18.6 Å². The number of carboxylic acids is 1. The molecule has 0 radical (unpaired) electrons. The van der Waals surface area contributed by atoms with Gasteiger partial charge in [-0.25, -0.2) is 17.9 Å². The Bertz CT molecular complexity index is 822. The van der Waals surface area contributed by atoms with E-state index >= 15 is 0 Å². The second kappa shape index (κ2) is 8.54. The quantitative estimate of drug-likeness (QED) is 0.293. The van der Waals surface area contributed by atoms with Gasteiger partial charge in [0, 0.05) is 12.3 Å². The van der Waals surface area contributed by atoms with E-state index < -0.39 is 30.2 Å². The Hall–Kier alpha value is -0.533. The number of thioether (sulfide) groups is 2. The van der Waals surface area contributed by atoms with Gasteiger partial charge in [0.2, 0.25) is 15.9 Å². The van der Waals surface area contributed by atoms with E-state index in [0.29, 0.717) is 9.99 Å². The van der Waals surface area contributed by atoms with Gasteiger partial charge in [0.15, 0.2) is 14.0 Å². The predicted octanol–water partition coefficient (Wildman–Crippen LogP) is 2.46. The molecule has 2 aliphatic rings. The lowest BCUT2D eigenvalue weighted by molar-refractivity contribution is -0.156. The van der Waals surface area contributed by atoms with Crippen molar-refractivity contribution < 1.29 is 27.5 Å². The molecule has 1 saturated heterocycles. The molecule has 12 heteroatoms. The monoisotopic (exact) mass is 482 g/mol. The number of hydrogen-bond donors (Lipinski definition) is 2. The maximum absolute atomic E-state index is 12.8. The van der Waals surface area contributed by atoms with Gasteiger partial charge in [0.1, 0.15) is 5.37 Å². The molecule has 3 atom stereocenters. The van der Waals surface area contributed by atoms with Crippen molar-refractivity contribution in [1.29, 1.82) is 0 Å². The molecule has 1 unspecified atom stereocenters. The van der Waals surface area contributed by atoms with E-state index in [0.717, 1.165) is 6.26 Å². The third-order valence-corrected chi connectivity index (χ3v) is 13.4. The number of β-lactam (4-membered cyclic amide) rings is 1. The minimum absolute atomic E-state index is 0.00859. The molecular formula is C17H30N2O6S3Si. The van der Waals surface area contributed by atoms with Gasteiger partial charge in [-0.1, -0.05) is 32.5 Å². The van der Waals surface area contributed by atoms with Gasteiger partial charge in [-0.15, -0.1) is 11.8 Å². The average molecular weight is 483 g/mol. The first-order valence-corrected chi connectivity index (χ1v) is 16.0. The molecule has 2 heterocycles. The summed E-state index contributed by atoms with van der Waals surface area (Å²) in [5.74, 6) is -1.39. The fraction of sp³-hybridized carbons (Fsp3) is 0.765. The zero-order valence-corrected chi connectivity index (χ0v) is 21.3. The highest BCUT2D eigenvalue weighted by Crippen LogP contribution is 2.54. The van der Waals surface area contributed by atoms with Crippen LogP contribution in [0, 0.1) is 5.92 Å². The number of carbonyl (C=O) groups is 2. The molecule has 2 aliphatic heterocycles. The van der Waals surface area contributed by atoms with E-state index in [4.69, 9.17) is 4.43 Å². The summed E-state index contributed by atoms with van der Waals surface area (Å²) in [5, 5.41) is 9.33. The van der Waals surface area contributed by atoms with Crippen molar-refractivity contribution in [1.82, 2.24) is 9.62 Å². The van der Waals surface area contributed by atoms with Gasteiger partial charge in [0.25, 0.3) is 0 Å². The van der Waals surface area contributed by atoms with Crippen molar-refractivity contribution >= 4 is 53.7 Å². The zero-order valence-electron chi connectivity index (χ0n) is 17.8. The second-order valence-corrected chi connectivity index (χ2v) is 17.9. The molecule has 0 bridgehead atoms. The van der Waals surface area contributed by atoms with Crippen LogP contribution in [-0.4, -0.2) is 68.6 Å². The van der Waals surface area contributed by atoms with E-state index in [1.807, 2.05) is 6.92 Å². The molecular weight excluding hydrogens is 452 g/mol. The number of nitrogens with one attached hydrogen (secondary N) is 1. The number of carboxylic acid groups (broad SMARTS) is 1. The molecule has 166 valence electrons. The summed E-state index contributed by atoms with van der Waals surface area (Å²) in [6.07, 6.45) is 0.770. The number of sulfonamides is 1. The smallest absolute Gasteiger partial charge is 0.354 e. The third kappa shape index (κ3) is 5.39. The Kier molecular flexibility index (Phi) is 7.28. The van der Waals surface area contributed by atoms with Gasteiger partial charge in [0.05, 0.1) is 22.5 Å². The van der Waals surface area contributed by atoms with E-state index in [1.165, 1.54) is 28.4 Å². The number of amides is 1. The van der Waals surface area contributed by atoms with Gasteiger partial charge >= 0.3 is 5.97 Å². The first kappa shape index (κ1) is 24.7. The maximum Gasteiger partial charge on any atom is 0.354 e. The maximum atomic E-state index is 12.8. The highest BCUT2D eigenvalue weighted by Gasteiger charge is 2.59. The van der Waals surface area contributed by atoms with Crippen LogP contribution in [0.5, 0.6) is 0 Å². The molecule has 0 saturated carbocycles. The average Bonchev–Trinajstić information content (AvgIpc) is 2.83. The predicted molar refractivity (Wildman–Crippen MR) is 119 cm³/mol. The minimum Gasteiger partial charge on any atom is -0.477 e. The van der Waals surface area contributed by atoms with Crippen LogP contribution in [0.3, 0.4) is 0 Å². The Morgan fingerprint density at radius 3 is 2.48 bits per heavy atom. The van der Waals surface area contributed by atoms with Crippen LogP contribution >= 0.6 is 23.5 Å². The summed E-state index contributed by atoms with van der Waals surface area (Å²) in [6.45, 7) is 12.7. The summed E-state index contributed by atoms with van der Waals surface area (Å²) in [4.78, 5) is 25.9. The molecule has 29 heavy (non-hydrogen) atoms. The van der Waals surface area contributed by atoms with Crippen LogP contribution in [0.2, 0.25) is 18.1 Å². The molecule has 0 aromatic heterocycles. The second-order valence-electron chi connectivity index (χ2n) is 8.78. The van der Waals surface area contributed by atoms with Gasteiger partial charge in [-0.05, 0) is 25.1 Å². The Balaban J connectivity index is 2.08. The van der Waals surface area contributed by atoms with E-state index in [-0.39, 0.29) is 34.7 Å². The highest BCUT2D eigenvalue weighted by molar-refractivity contribution is 8.22. The lowest BCUT2D eigenvalue weighted by atomic mass is 9.92. The third-order valence-electron chi connectivity index (χ3n) is 5.44. The van der Waals surface area contributed by atoms with Gasteiger partial charge < -0.3 is 9.53 Å². The largest absolute Gasteiger partial charge is 0.477 e. The van der Waals surface area contributed by atoms with Crippen molar-refractivity contribution in [3.63, 3.8) is 0 Å². The van der Waals surface area contributed by atoms with Crippen molar-refractivity contribution in [2.45, 2.75) is 57.3 Å². The van der Waals surface area contributed by atoms with Crippen molar-refractivity contribution in [3.05, 3.63) is 9.93 Å². The van der Waals surface area contributed by atoms with Crippen LogP contribution in [-0.2, 0) is 24.0 Å². The SMILES string of the molecule is CC(O[Si](C)(C)C(C)(C)C)[C@H]1C(=O)N2C(C(=O)O)=C(SCCNS(C)(=O)=O)S[C@@H]12. The van der Waals surface area contributed by atoms with Crippen LogP contribution in [0.4, 0.5) is 0 Å². The number of carbonyl (C=O) groups excluding carboxylic acids is 1. The number of nitrogens with zero attached hydrogens (tertiary/aromatic N) is 1. The lowest BCUT2D eigenvalue weighted by Gasteiger charge is -2.48. The standard InChI is InChI=1S/C17H30N2O6S3Si/c1-10(25-29(6,7)17(2,3)4)11-13(20)19-12(15(21)22)16(27-14(11)19)26-9-8-18-28(5,23)24/h10-11,14,18H,8-9H2,1-7H3,(H,21,22)/t10?,11-,14-/m0/s1. The normalized spacial score (nSPS) is 23.8. The molecule has 0 aromatic rings. The molecule has 1 amide bonds. The number of fused-ring (bicyclic) bond motifs is 1. The minimum atomic E-state index is -3.30. The molecule has 2 rings (SSSR count). The first-order chi connectivity index (χ1) is 13.1. The number of hydrogen-bond acceptors (Lipinski definition) is 7. The Morgan fingerprint density at radius 1 is 1.41 bits per heavy atom. The van der Waals surface area contributed by atoms with Gasteiger partial charge in [-0.3, -0.25) is 9.69 Å². The van der Waals surface area contributed by atoms with Crippen molar-refractivity contribution in [2.24, 2.45) is 5.92 Å². The first-order valence-electron chi connectivity index (χ1n) is 9.29. The van der Waals surface area contributed by atoms with Crippen LogP contribution < -0.4 is 4.72 Å². The topological polar surface area (TPSA) is 113 Å². The molecule has 0 aliphatic carbocycles. The number of rotatable bonds is 9. The van der Waals surface area contributed by atoms with E-state index in [1.54, 1.807) is 0 Å². The fourth-order valence-corrected chi connectivity index (χ4v) is 7.80. The van der Waals surface area contributed by atoms with Crippen LogP contribution in [0.15, 0.2) is 9.93 Å². The summed E-state index contributed by atoms with van der Waals surface area (Å²) in [6, 6.07) is 0. The molecule has 1 fully saturated rings. The molecule has 0 aromatic carbocycles. The summed E-state index contributed by atoms with van der Waals surface area (Å²) >= 11 is 2.60. The molecule has 0 spiro atoms. The summed E-state index contributed by atoms with van der Waals surface area (Å²) in [5.41, 5.74) is -0.00914. The van der Waals surface area contributed by atoms with Gasteiger partial charge in [-0.2, -0.15) is 0 Å². The Labute approximate surface area is 182 Å². The zero-order chi connectivity index (χ0) is 22.4. The summed E-state index contributed by atoms with van der Waals surface area (Å²) < 4.78 is 31.6.